The maximum absolute atomic E-state index is 12.9. The van der Waals surface area contributed by atoms with Crippen LogP contribution < -0.4 is 5.32 Å². The molecule has 0 saturated carbocycles. The highest BCUT2D eigenvalue weighted by molar-refractivity contribution is 7.98. The number of amides is 1. The molecule has 1 aliphatic heterocycles. The molecule has 8 heteroatoms. The maximum Gasteiger partial charge on any atom is 0.243 e. The molecular weight excluding hydrogens is 404 g/mol. The van der Waals surface area contributed by atoms with Gasteiger partial charge in [-0.25, -0.2) is 8.42 Å². The van der Waals surface area contributed by atoms with Gasteiger partial charge in [0.1, 0.15) is 0 Å². The Kier molecular flexibility index (Phi) is 6.47. The molecule has 2 aromatic carbocycles. The number of anilines is 1. The van der Waals surface area contributed by atoms with Crippen LogP contribution in [0.2, 0.25) is 5.02 Å². The fourth-order valence-corrected chi connectivity index (χ4v) is 5.32. The smallest absolute Gasteiger partial charge is 0.243 e. The lowest BCUT2D eigenvalue weighted by atomic mass is 9.99. The SMILES string of the molecule is CSc1ccccc1NC(=O)[C@@H]1CCCN(S(=O)(=O)c2ccc(Cl)cc2)C1. The van der Waals surface area contributed by atoms with Crippen molar-refractivity contribution in [3.8, 4) is 0 Å². The van der Waals surface area contributed by atoms with Gasteiger partial charge < -0.3 is 5.32 Å². The van der Waals surface area contributed by atoms with E-state index in [-0.39, 0.29) is 23.3 Å². The van der Waals surface area contributed by atoms with Crippen LogP contribution in [0.15, 0.2) is 58.3 Å². The van der Waals surface area contributed by atoms with Crippen LogP contribution in [-0.2, 0) is 14.8 Å². The number of piperidine rings is 1. The number of halogens is 1. The predicted octanol–water partition coefficient (Wildman–Crippen LogP) is 4.10. The number of hydrogen-bond donors (Lipinski definition) is 1. The third-order valence-corrected chi connectivity index (χ3v) is 7.50. The molecule has 1 heterocycles. The number of carbonyl (C=O) groups is 1. The van der Waals surface area contributed by atoms with Crippen LogP contribution in [0.4, 0.5) is 5.69 Å². The lowest BCUT2D eigenvalue weighted by Gasteiger charge is -2.31. The lowest BCUT2D eigenvalue weighted by molar-refractivity contribution is -0.120. The second kappa shape index (κ2) is 8.65. The van der Waals surface area contributed by atoms with Gasteiger partial charge in [0.2, 0.25) is 15.9 Å². The fraction of sp³-hybridized carbons (Fsp3) is 0.316. The molecule has 144 valence electrons. The number of benzene rings is 2. The van der Waals surface area contributed by atoms with Crippen LogP contribution in [0.5, 0.6) is 0 Å². The first-order chi connectivity index (χ1) is 12.9. The summed E-state index contributed by atoms with van der Waals surface area (Å²) in [5, 5.41) is 3.44. The molecule has 27 heavy (non-hydrogen) atoms. The Morgan fingerprint density at radius 2 is 1.89 bits per heavy atom. The Labute approximate surface area is 169 Å². The van der Waals surface area contributed by atoms with Crippen LogP contribution in [0, 0.1) is 5.92 Å². The van der Waals surface area contributed by atoms with Crippen molar-refractivity contribution in [3.05, 3.63) is 53.6 Å². The van der Waals surface area contributed by atoms with Crippen molar-refractivity contribution in [3.63, 3.8) is 0 Å². The minimum atomic E-state index is -3.64. The van der Waals surface area contributed by atoms with E-state index in [0.717, 1.165) is 10.6 Å². The first-order valence-electron chi connectivity index (χ1n) is 8.61. The van der Waals surface area contributed by atoms with Crippen molar-refractivity contribution >= 4 is 45.0 Å². The normalized spacial score (nSPS) is 18.2. The molecule has 5 nitrogen and oxygen atoms in total. The average molecular weight is 425 g/mol. The number of nitrogens with zero attached hydrogens (tertiary/aromatic N) is 1. The highest BCUT2D eigenvalue weighted by atomic mass is 35.5. The molecule has 0 radical (unpaired) electrons. The summed E-state index contributed by atoms with van der Waals surface area (Å²) in [6, 6.07) is 13.7. The number of sulfonamides is 1. The molecule has 3 rings (SSSR count). The number of thioether (sulfide) groups is 1. The molecule has 0 spiro atoms. The number of hydrogen-bond acceptors (Lipinski definition) is 4. The molecule has 0 aliphatic carbocycles. The Morgan fingerprint density at radius 3 is 2.59 bits per heavy atom. The number of para-hydroxylation sites is 1. The molecule has 0 bridgehead atoms. The Bertz CT molecular complexity index is 917. The number of nitrogens with one attached hydrogen (secondary N) is 1. The predicted molar refractivity (Wildman–Crippen MR) is 110 cm³/mol. The lowest BCUT2D eigenvalue weighted by Crippen LogP contribution is -2.43. The van der Waals surface area contributed by atoms with E-state index < -0.39 is 10.0 Å². The summed E-state index contributed by atoms with van der Waals surface area (Å²) in [5.74, 6) is -0.525. The molecule has 1 atom stereocenters. The van der Waals surface area contributed by atoms with E-state index in [4.69, 9.17) is 11.6 Å². The van der Waals surface area contributed by atoms with Crippen molar-refractivity contribution in [1.29, 1.82) is 0 Å². The Morgan fingerprint density at radius 1 is 1.19 bits per heavy atom. The maximum atomic E-state index is 12.9. The third kappa shape index (κ3) is 4.66. The van der Waals surface area contributed by atoms with Gasteiger partial charge in [0, 0.05) is 23.0 Å². The molecule has 1 saturated heterocycles. The van der Waals surface area contributed by atoms with Gasteiger partial charge in [-0.2, -0.15) is 4.31 Å². The monoisotopic (exact) mass is 424 g/mol. The molecule has 1 amide bonds. The molecule has 0 unspecified atom stereocenters. The van der Waals surface area contributed by atoms with Gasteiger partial charge in [0.05, 0.1) is 16.5 Å². The standard InChI is InChI=1S/C19H21ClN2O3S2/c1-26-18-7-3-2-6-17(18)21-19(23)14-5-4-12-22(13-14)27(24,25)16-10-8-15(20)9-11-16/h2-3,6-11,14H,4-5,12-13H2,1H3,(H,21,23)/t14-/m1/s1. The average Bonchev–Trinajstić information content (AvgIpc) is 2.69. The van der Waals surface area contributed by atoms with E-state index in [9.17, 15) is 13.2 Å². The summed E-state index contributed by atoms with van der Waals surface area (Å²) in [7, 11) is -3.64. The zero-order valence-corrected chi connectivity index (χ0v) is 17.3. The summed E-state index contributed by atoms with van der Waals surface area (Å²) >= 11 is 7.41. The van der Waals surface area contributed by atoms with Crippen molar-refractivity contribution < 1.29 is 13.2 Å². The minimum Gasteiger partial charge on any atom is -0.325 e. The molecule has 1 fully saturated rings. The van der Waals surface area contributed by atoms with Crippen molar-refractivity contribution in [2.75, 3.05) is 24.7 Å². The van der Waals surface area contributed by atoms with Gasteiger partial charge in [-0.05, 0) is 55.5 Å². The fourth-order valence-electron chi connectivity index (χ4n) is 3.11. The highest BCUT2D eigenvalue weighted by Gasteiger charge is 2.33. The van der Waals surface area contributed by atoms with Crippen LogP contribution >= 0.6 is 23.4 Å². The summed E-state index contributed by atoms with van der Waals surface area (Å²) < 4.78 is 27.1. The topological polar surface area (TPSA) is 66.5 Å². The molecule has 1 N–H and O–H groups in total. The Hall–Kier alpha value is -1.54. The van der Waals surface area contributed by atoms with E-state index in [1.807, 2.05) is 30.5 Å². The molecule has 0 aromatic heterocycles. The first kappa shape index (κ1) is 20.2. The number of carbonyl (C=O) groups excluding carboxylic acids is 1. The van der Waals surface area contributed by atoms with E-state index in [1.54, 1.807) is 23.9 Å². The van der Waals surface area contributed by atoms with Crippen molar-refractivity contribution in [1.82, 2.24) is 4.31 Å². The first-order valence-corrected chi connectivity index (χ1v) is 11.7. The number of rotatable bonds is 5. The summed E-state index contributed by atoms with van der Waals surface area (Å²) in [5.41, 5.74) is 0.757. The van der Waals surface area contributed by atoms with E-state index in [2.05, 4.69) is 5.32 Å². The minimum absolute atomic E-state index is 0.146. The molecule has 2 aromatic rings. The van der Waals surface area contributed by atoms with Crippen LogP contribution in [-0.4, -0.2) is 38.0 Å². The quantitative estimate of drug-likeness (QED) is 0.734. The van der Waals surface area contributed by atoms with Crippen molar-refractivity contribution in [2.24, 2.45) is 5.92 Å². The summed E-state index contributed by atoms with van der Waals surface area (Å²) in [6.45, 7) is 0.592. The second-order valence-corrected chi connectivity index (χ2v) is 9.57. The van der Waals surface area contributed by atoms with Gasteiger partial charge >= 0.3 is 0 Å². The van der Waals surface area contributed by atoms with Gasteiger partial charge in [-0.1, -0.05) is 23.7 Å². The zero-order chi connectivity index (χ0) is 19.4. The Balaban J connectivity index is 1.73. The van der Waals surface area contributed by atoms with Gasteiger partial charge in [-0.3, -0.25) is 4.79 Å². The van der Waals surface area contributed by atoms with Gasteiger partial charge in [0.25, 0.3) is 0 Å². The summed E-state index contributed by atoms with van der Waals surface area (Å²) in [4.78, 5) is 13.9. The highest BCUT2D eigenvalue weighted by Crippen LogP contribution is 2.28. The molecular formula is C19H21ClN2O3S2. The van der Waals surface area contributed by atoms with E-state index in [0.29, 0.717) is 24.4 Å². The molecule has 1 aliphatic rings. The second-order valence-electron chi connectivity index (χ2n) is 6.35. The van der Waals surface area contributed by atoms with Crippen LogP contribution in [0.3, 0.4) is 0 Å². The largest absolute Gasteiger partial charge is 0.325 e. The van der Waals surface area contributed by atoms with Crippen molar-refractivity contribution in [2.45, 2.75) is 22.6 Å². The summed E-state index contributed by atoms with van der Waals surface area (Å²) in [6.07, 6.45) is 3.26. The van der Waals surface area contributed by atoms with Crippen LogP contribution in [0.25, 0.3) is 0 Å². The van der Waals surface area contributed by atoms with E-state index >= 15 is 0 Å². The zero-order valence-electron chi connectivity index (χ0n) is 14.9. The third-order valence-electron chi connectivity index (χ3n) is 4.57. The van der Waals surface area contributed by atoms with E-state index in [1.165, 1.54) is 16.4 Å². The van der Waals surface area contributed by atoms with Crippen LogP contribution in [0.1, 0.15) is 12.8 Å². The van der Waals surface area contributed by atoms with Gasteiger partial charge in [-0.15, -0.1) is 11.8 Å². The van der Waals surface area contributed by atoms with Gasteiger partial charge in [0.15, 0.2) is 0 Å².